The molecule has 1 atom stereocenters. The predicted octanol–water partition coefficient (Wildman–Crippen LogP) is 3.62. The first-order valence-electron chi connectivity index (χ1n) is 8.30. The normalized spacial score (nSPS) is 18.0. The summed E-state index contributed by atoms with van der Waals surface area (Å²) >= 11 is 0. The largest absolute Gasteiger partial charge is 0.365 e. The lowest BCUT2D eigenvalue weighted by Crippen LogP contribution is -2.52. The fourth-order valence-electron chi connectivity index (χ4n) is 3.47. The summed E-state index contributed by atoms with van der Waals surface area (Å²) in [5.41, 5.74) is 0.948. The van der Waals surface area contributed by atoms with Gasteiger partial charge in [0.25, 0.3) is 0 Å². The van der Waals surface area contributed by atoms with Crippen molar-refractivity contribution in [3.8, 4) is 0 Å². The number of nitrogens with zero attached hydrogens (tertiary/aromatic N) is 4. The van der Waals surface area contributed by atoms with Crippen LogP contribution in [0.15, 0.2) is 48.8 Å². The van der Waals surface area contributed by atoms with Gasteiger partial charge in [-0.15, -0.1) is 0 Å². The molecule has 1 aromatic heterocycles. The number of fused-ring (bicyclic) bond motifs is 1. The first kappa shape index (κ1) is 15.7. The van der Waals surface area contributed by atoms with Gasteiger partial charge in [0.1, 0.15) is 29.3 Å². The van der Waals surface area contributed by atoms with E-state index in [0.29, 0.717) is 36.2 Å². The van der Waals surface area contributed by atoms with Crippen molar-refractivity contribution >= 4 is 22.4 Å². The molecule has 6 heteroatoms. The van der Waals surface area contributed by atoms with Gasteiger partial charge >= 0.3 is 0 Å². The summed E-state index contributed by atoms with van der Waals surface area (Å²) < 4.78 is 28.1. The minimum Gasteiger partial charge on any atom is -0.365 e. The molecule has 4 rings (SSSR count). The van der Waals surface area contributed by atoms with Crippen molar-refractivity contribution in [3.05, 3.63) is 60.4 Å². The molecule has 1 saturated heterocycles. The van der Waals surface area contributed by atoms with Crippen LogP contribution < -0.4 is 9.80 Å². The first-order valence-corrected chi connectivity index (χ1v) is 8.30. The summed E-state index contributed by atoms with van der Waals surface area (Å²) in [6, 6.07) is 11.8. The number of aromatic nitrogens is 2. The Morgan fingerprint density at radius 3 is 2.56 bits per heavy atom. The van der Waals surface area contributed by atoms with E-state index < -0.39 is 0 Å². The van der Waals surface area contributed by atoms with Crippen molar-refractivity contribution in [1.82, 2.24) is 9.97 Å². The SMILES string of the molecule is CC1CN(c2ccccc2F)CCN1c1ncnc2c(F)cccc12. The molecule has 0 radical (unpaired) electrons. The highest BCUT2D eigenvalue weighted by Crippen LogP contribution is 2.29. The quantitative estimate of drug-likeness (QED) is 0.713. The number of piperazine rings is 1. The highest BCUT2D eigenvalue weighted by molar-refractivity contribution is 5.89. The van der Waals surface area contributed by atoms with Crippen molar-refractivity contribution in [1.29, 1.82) is 0 Å². The Balaban J connectivity index is 1.64. The zero-order valence-corrected chi connectivity index (χ0v) is 13.9. The third-order valence-corrected chi connectivity index (χ3v) is 4.69. The fourth-order valence-corrected chi connectivity index (χ4v) is 3.47. The van der Waals surface area contributed by atoms with Crippen molar-refractivity contribution in [2.75, 3.05) is 29.4 Å². The Labute approximate surface area is 144 Å². The zero-order chi connectivity index (χ0) is 17.4. The average molecular weight is 340 g/mol. The van der Waals surface area contributed by atoms with Gasteiger partial charge in [-0.25, -0.2) is 18.7 Å². The number of hydrogen-bond donors (Lipinski definition) is 0. The smallest absolute Gasteiger partial charge is 0.149 e. The van der Waals surface area contributed by atoms with Gasteiger partial charge in [-0.05, 0) is 31.2 Å². The van der Waals surface area contributed by atoms with Gasteiger partial charge in [0.05, 0.1) is 5.69 Å². The van der Waals surface area contributed by atoms with Crippen LogP contribution in [0.2, 0.25) is 0 Å². The van der Waals surface area contributed by atoms with Crippen LogP contribution >= 0.6 is 0 Å². The topological polar surface area (TPSA) is 32.3 Å². The van der Waals surface area contributed by atoms with Gasteiger partial charge in [0, 0.05) is 31.1 Å². The van der Waals surface area contributed by atoms with Crippen molar-refractivity contribution in [2.45, 2.75) is 13.0 Å². The molecule has 3 aromatic rings. The van der Waals surface area contributed by atoms with E-state index in [1.165, 1.54) is 18.5 Å². The van der Waals surface area contributed by atoms with Gasteiger partial charge in [-0.1, -0.05) is 18.2 Å². The summed E-state index contributed by atoms with van der Waals surface area (Å²) in [4.78, 5) is 12.6. The van der Waals surface area contributed by atoms with Crippen LogP contribution in [0.5, 0.6) is 0 Å². The van der Waals surface area contributed by atoms with E-state index >= 15 is 0 Å². The molecule has 0 N–H and O–H groups in total. The number of anilines is 2. The highest BCUT2D eigenvalue weighted by atomic mass is 19.1. The number of rotatable bonds is 2. The maximum Gasteiger partial charge on any atom is 0.149 e. The third kappa shape index (κ3) is 2.77. The fraction of sp³-hybridized carbons (Fsp3) is 0.263. The number of para-hydroxylation sites is 2. The summed E-state index contributed by atoms with van der Waals surface area (Å²) in [5.74, 6) is 0.168. The van der Waals surface area contributed by atoms with E-state index in [1.54, 1.807) is 18.2 Å². The van der Waals surface area contributed by atoms with Crippen LogP contribution in [-0.2, 0) is 0 Å². The number of hydrogen-bond acceptors (Lipinski definition) is 4. The molecule has 1 aliphatic rings. The molecule has 2 heterocycles. The molecule has 25 heavy (non-hydrogen) atoms. The van der Waals surface area contributed by atoms with Gasteiger partial charge in [0.2, 0.25) is 0 Å². The standard InChI is InChI=1S/C19H18F2N4/c1-13-11-24(17-8-3-2-6-15(17)20)9-10-25(13)19-14-5-4-7-16(21)18(14)22-12-23-19/h2-8,12-13H,9-11H2,1H3. The Kier molecular flexibility index (Phi) is 3.95. The minimum atomic E-state index is -0.348. The summed E-state index contributed by atoms with van der Waals surface area (Å²) in [7, 11) is 0. The monoisotopic (exact) mass is 340 g/mol. The molecule has 4 nitrogen and oxygen atoms in total. The van der Waals surface area contributed by atoms with Crippen LogP contribution in [-0.4, -0.2) is 35.6 Å². The van der Waals surface area contributed by atoms with Crippen LogP contribution in [0.25, 0.3) is 10.9 Å². The molecule has 2 aromatic carbocycles. The lowest BCUT2D eigenvalue weighted by atomic mass is 10.1. The number of benzene rings is 2. The van der Waals surface area contributed by atoms with E-state index in [4.69, 9.17) is 0 Å². The van der Waals surface area contributed by atoms with E-state index in [2.05, 4.69) is 21.8 Å². The lowest BCUT2D eigenvalue weighted by molar-refractivity contribution is 0.534. The molecular formula is C19H18F2N4. The van der Waals surface area contributed by atoms with Crippen LogP contribution in [0.4, 0.5) is 20.3 Å². The maximum atomic E-state index is 14.1. The molecule has 1 aliphatic heterocycles. The maximum absolute atomic E-state index is 14.1. The molecule has 1 fully saturated rings. The van der Waals surface area contributed by atoms with Crippen LogP contribution in [0.3, 0.4) is 0 Å². The third-order valence-electron chi connectivity index (χ3n) is 4.69. The average Bonchev–Trinajstić information content (AvgIpc) is 2.62. The van der Waals surface area contributed by atoms with E-state index in [-0.39, 0.29) is 17.7 Å². The van der Waals surface area contributed by atoms with Crippen molar-refractivity contribution in [2.24, 2.45) is 0 Å². The first-order chi connectivity index (χ1) is 12.1. The van der Waals surface area contributed by atoms with E-state index in [0.717, 1.165) is 5.82 Å². The molecule has 0 bridgehead atoms. The van der Waals surface area contributed by atoms with Crippen molar-refractivity contribution < 1.29 is 8.78 Å². The highest BCUT2D eigenvalue weighted by Gasteiger charge is 2.27. The Morgan fingerprint density at radius 1 is 0.960 bits per heavy atom. The lowest BCUT2D eigenvalue weighted by Gasteiger charge is -2.42. The van der Waals surface area contributed by atoms with E-state index in [9.17, 15) is 8.78 Å². The second kappa shape index (κ2) is 6.27. The zero-order valence-electron chi connectivity index (χ0n) is 13.9. The van der Waals surface area contributed by atoms with Crippen molar-refractivity contribution in [3.63, 3.8) is 0 Å². The molecule has 0 amide bonds. The molecule has 0 saturated carbocycles. The summed E-state index contributed by atoms with van der Waals surface area (Å²) in [6.45, 7) is 4.09. The van der Waals surface area contributed by atoms with Crippen LogP contribution in [0, 0.1) is 11.6 Å². The molecule has 1 unspecified atom stereocenters. The second-order valence-corrected chi connectivity index (χ2v) is 6.27. The second-order valence-electron chi connectivity index (χ2n) is 6.27. The predicted molar refractivity (Wildman–Crippen MR) is 94.9 cm³/mol. The Morgan fingerprint density at radius 2 is 1.76 bits per heavy atom. The Hall–Kier alpha value is -2.76. The minimum absolute atomic E-state index is 0.106. The van der Waals surface area contributed by atoms with Gasteiger partial charge in [-0.3, -0.25) is 0 Å². The Bertz CT molecular complexity index is 915. The molecular weight excluding hydrogens is 322 g/mol. The van der Waals surface area contributed by atoms with E-state index in [1.807, 2.05) is 17.0 Å². The molecule has 0 aliphatic carbocycles. The van der Waals surface area contributed by atoms with Crippen LogP contribution in [0.1, 0.15) is 6.92 Å². The molecule has 128 valence electrons. The van der Waals surface area contributed by atoms with Gasteiger partial charge in [0.15, 0.2) is 0 Å². The van der Waals surface area contributed by atoms with Gasteiger partial charge < -0.3 is 9.80 Å². The summed E-state index contributed by atoms with van der Waals surface area (Å²) in [6.07, 6.45) is 1.40. The molecule has 0 spiro atoms. The summed E-state index contributed by atoms with van der Waals surface area (Å²) in [5, 5.41) is 0.702. The number of halogens is 2. The van der Waals surface area contributed by atoms with Gasteiger partial charge in [-0.2, -0.15) is 0 Å².